The van der Waals surface area contributed by atoms with Crippen LogP contribution >= 0.6 is 12.6 Å². The van der Waals surface area contributed by atoms with Gasteiger partial charge in [-0.05, 0) is 31.1 Å². The van der Waals surface area contributed by atoms with Crippen molar-refractivity contribution >= 4 is 12.6 Å². The van der Waals surface area contributed by atoms with Gasteiger partial charge in [0.05, 0.1) is 0 Å². The molecule has 0 nitrogen and oxygen atoms in total. The van der Waals surface area contributed by atoms with E-state index in [4.69, 9.17) is 0 Å². The van der Waals surface area contributed by atoms with Gasteiger partial charge >= 0.3 is 0 Å². The van der Waals surface area contributed by atoms with Gasteiger partial charge in [-0.15, -0.1) is 0 Å². The van der Waals surface area contributed by atoms with Gasteiger partial charge in [0.15, 0.2) is 0 Å². The van der Waals surface area contributed by atoms with E-state index < -0.39 is 0 Å². The summed E-state index contributed by atoms with van der Waals surface area (Å²) in [6, 6.07) is 0. The zero-order valence-electron chi connectivity index (χ0n) is 8.35. The van der Waals surface area contributed by atoms with E-state index in [1.54, 1.807) is 0 Å². The molecule has 1 aliphatic rings. The second-order valence-corrected chi connectivity index (χ2v) is 4.63. The van der Waals surface area contributed by atoms with E-state index >= 15 is 0 Å². The lowest BCUT2D eigenvalue weighted by molar-refractivity contribution is 0.250. The van der Waals surface area contributed by atoms with Crippen molar-refractivity contribution in [3.63, 3.8) is 0 Å². The van der Waals surface area contributed by atoms with E-state index in [-0.39, 0.29) is 0 Å². The Kier molecular flexibility index (Phi) is 5.24. The van der Waals surface area contributed by atoms with Crippen LogP contribution in [0, 0.1) is 5.41 Å². The van der Waals surface area contributed by atoms with Crippen LogP contribution in [0.15, 0.2) is 0 Å². The summed E-state index contributed by atoms with van der Waals surface area (Å²) in [5, 5.41) is 0.693. The minimum atomic E-state index is 0.610. The molecule has 0 unspecified atom stereocenters. The van der Waals surface area contributed by atoms with E-state index in [1.807, 2.05) is 13.8 Å². The summed E-state index contributed by atoms with van der Waals surface area (Å²) < 4.78 is 0. The van der Waals surface area contributed by atoms with E-state index in [9.17, 15) is 0 Å². The number of rotatable bonds is 0. The molecule has 0 amide bonds. The van der Waals surface area contributed by atoms with Gasteiger partial charge < -0.3 is 0 Å². The molecule has 0 bridgehead atoms. The maximum absolute atomic E-state index is 4.44. The van der Waals surface area contributed by atoms with Gasteiger partial charge in [0, 0.05) is 5.25 Å². The predicted molar refractivity (Wildman–Crippen MR) is 56.4 cm³/mol. The minimum absolute atomic E-state index is 0.610. The fraction of sp³-hybridized carbons (Fsp3) is 1.00. The average Bonchev–Trinajstić information content (AvgIpc) is 2.00. The van der Waals surface area contributed by atoms with Crippen molar-refractivity contribution in [3.05, 3.63) is 0 Å². The highest BCUT2D eigenvalue weighted by atomic mass is 32.1. The topological polar surface area (TPSA) is 0 Å². The molecular weight excluding hydrogens is 152 g/mol. The molecule has 1 heteroatoms. The summed E-state index contributed by atoms with van der Waals surface area (Å²) in [5.41, 5.74) is 0.610. The number of hydrogen-bond acceptors (Lipinski definition) is 1. The molecule has 0 radical (unpaired) electrons. The molecule has 0 aromatic carbocycles. The summed E-state index contributed by atoms with van der Waals surface area (Å²) in [6.07, 6.45) is 5.36. The predicted octanol–water partition coefficient (Wildman–Crippen LogP) is 3.91. The van der Waals surface area contributed by atoms with Crippen LogP contribution in [0.5, 0.6) is 0 Å². The zero-order valence-corrected chi connectivity index (χ0v) is 9.25. The van der Waals surface area contributed by atoms with Gasteiger partial charge in [0.25, 0.3) is 0 Å². The molecule has 11 heavy (non-hydrogen) atoms. The van der Waals surface area contributed by atoms with Crippen molar-refractivity contribution in [2.24, 2.45) is 5.41 Å². The van der Waals surface area contributed by atoms with Crippen LogP contribution in [0.2, 0.25) is 0 Å². The van der Waals surface area contributed by atoms with Gasteiger partial charge in [-0.1, -0.05) is 27.7 Å². The first kappa shape index (κ1) is 11.4. The van der Waals surface area contributed by atoms with Crippen molar-refractivity contribution in [3.8, 4) is 0 Å². The molecule has 1 rings (SSSR count). The molecule has 0 spiro atoms. The average molecular weight is 174 g/mol. The second-order valence-electron chi connectivity index (χ2n) is 3.90. The highest BCUT2D eigenvalue weighted by Gasteiger charge is 2.24. The van der Waals surface area contributed by atoms with Crippen molar-refractivity contribution in [2.45, 2.75) is 58.6 Å². The Balaban J connectivity index is 0.000000461. The molecule has 0 aromatic rings. The molecule has 0 N–H and O–H groups in total. The zero-order chi connectivity index (χ0) is 8.91. The van der Waals surface area contributed by atoms with E-state index in [0.29, 0.717) is 10.7 Å². The molecule has 0 heterocycles. The van der Waals surface area contributed by atoms with Crippen LogP contribution in [0.3, 0.4) is 0 Å². The lowest BCUT2D eigenvalue weighted by atomic mass is 9.77. The Labute approximate surface area is 77.2 Å². The van der Waals surface area contributed by atoms with Crippen LogP contribution in [0.25, 0.3) is 0 Å². The highest BCUT2D eigenvalue weighted by Crippen LogP contribution is 2.36. The third-order valence-corrected chi connectivity index (χ3v) is 2.83. The molecule has 68 valence electrons. The maximum Gasteiger partial charge on any atom is 0.00172 e. The first-order valence-corrected chi connectivity index (χ1v) is 5.30. The van der Waals surface area contributed by atoms with Gasteiger partial charge in [0.2, 0.25) is 0 Å². The first-order chi connectivity index (χ1) is 5.10. The number of hydrogen-bond donors (Lipinski definition) is 1. The normalized spacial score (nSPS) is 23.7. The fourth-order valence-corrected chi connectivity index (χ4v) is 1.64. The molecule has 1 saturated carbocycles. The summed E-state index contributed by atoms with van der Waals surface area (Å²) in [4.78, 5) is 0. The van der Waals surface area contributed by atoms with Crippen molar-refractivity contribution in [1.29, 1.82) is 0 Å². The Morgan fingerprint density at radius 1 is 1.09 bits per heavy atom. The number of thiol groups is 1. The van der Waals surface area contributed by atoms with Crippen molar-refractivity contribution in [2.75, 3.05) is 0 Å². The molecule has 1 aliphatic carbocycles. The van der Waals surface area contributed by atoms with Crippen molar-refractivity contribution < 1.29 is 0 Å². The minimum Gasteiger partial charge on any atom is -0.176 e. The second kappa shape index (κ2) is 5.08. The smallest absolute Gasteiger partial charge is 0.00172 e. The monoisotopic (exact) mass is 174 g/mol. The molecule has 0 aromatic heterocycles. The Morgan fingerprint density at radius 2 is 1.45 bits per heavy atom. The summed E-state index contributed by atoms with van der Waals surface area (Å²) >= 11 is 4.44. The largest absolute Gasteiger partial charge is 0.176 e. The van der Waals surface area contributed by atoms with Crippen LogP contribution in [-0.2, 0) is 0 Å². The Hall–Kier alpha value is 0.350. The molecule has 1 fully saturated rings. The van der Waals surface area contributed by atoms with Crippen LogP contribution in [-0.4, -0.2) is 5.25 Å². The van der Waals surface area contributed by atoms with E-state index in [1.165, 1.54) is 25.7 Å². The van der Waals surface area contributed by atoms with E-state index in [2.05, 4.69) is 26.5 Å². The SMILES string of the molecule is CC.CC1(C)CCC(S)CC1. The summed E-state index contributed by atoms with van der Waals surface area (Å²) in [7, 11) is 0. The van der Waals surface area contributed by atoms with Gasteiger partial charge in [-0.2, -0.15) is 12.6 Å². The standard InChI is InChI=1S/C8H16S.C2H6/c1-8(2)5-3-7(9)4-6-8;1-2/h7,9H,3-6H2,1-2H3;1-2H3. The first-order valence-electron chi connectivity index (χ1n) is 4.78. The van der Waals surface area contributed by atoms with E-state index in [0.717, 1.165) is 0 Å². The highest BCUT2D eigenvalue weighted by molar-refractivity contribution is 7.80. The fourth-order valence-electron chi connectivity index (χ4n) is 1.38. The van der Waals surface area contributed by atoms with Gasteiger partial charge in [-0.3, -0.25) is 0 Å². The van der Waals surface area contributed by atoms with Crippen LogP contribution in [0.4, 0.5) is 0 Å². The van der Waals surface area contributed by atoms with Gasteiger partial charge in [0.1, 0.15) is 0 Å². The van der Waals surface area contributed by atoms with Crippen LogP contribution in [0.1, 0.15) is 53.4 Å². The van der Waals surface area contributed by atoms with Crippen LogP contribution < -0.4 is 0 Å². The summed E-state index contributed by atoms with van der Waals surface area (Å²) in [6.45, 7) is 8.71. The molecule has 0 saturated heterocycles. The maximum atomic E-state index is 4.44. The quantitative estimate of drug-likeness (QED) is 0.529. The molecule has 0 aliphatic heterocycles. The summed E-state index contributed by atoms with van der Waals surface area (Å²) in [5.74, 6) is 0. The molecular formula is C10H22S. The van der Waals surface area contributed by atoms with Gasteiger partial charge in [-0.25, -0.2) is 0 Å². The lowest BCUT2D eigenvalue weighted by Crippen LogP contribution is -2.21. The Bertz CT molecular complexity index is 87.0. The lowest BCUT2D eigenvalue weighted by Gasteiger charge is -2.32. The molecule has 0 atom stereocenters. The third kappa shape index (κ3) is 4.73. The Morgan fingerprint density at radius 3 is 1.73 bits per heavy atom. The third-order valence-electron chi connectivity index (χ3n) is 2.31. The van der Waals surface area contributed by atoms with Crippen molar-refractivity contribution in [1.82, 2.24) is 0 Å².